The largest absolute Gasteiger partial charge is 0.383 e. The summed E-state index contributed by atoms with van der Waals surface area (Å²) in [5, 5.41) is 8.05. The van der Waals surface area contributed by atoms with Crippen molar-refractivity contribution in [3.63, 3.8) is 0 Å². The van der Waals surface area contributed by atoms with Crippen molar-refractivity contribution in [2.45, 2.75) is 39.2 Å². The summed E-state index contributed by atoms with van der Waals surface area (Å²) in [5.74, 6) is 2.10. The molecule has 5 nitrogen and oxygen atoms in total. The first kappa shape index (κ1) is 16.3. The molecule has 1 fully saturated rings. The molecule has 1 saturated carbocycles. The van der Waals surface area contributed by atoms with Gasteiger partial charge in [0.2, 0.25) is 0 Å². The van der Waals surface area contributed by atoms with Gasteiger partial charge in [-0.05, 0) is 25.7 Å². The van der Waals surface area contributed by atoms with Gasteiger partial charge in [0.15, 0.2) is 0 Å². The first-order valence-corrected chi connectivity index (χ1v) is 8.06. The molecule has 0 spiro atoms. The zero-order valence-electron chi connectivity index (χ0n) is 14.0. The van der Waals surface area contributed by atoms with E-state index in [2.05, 4.69) is 29.3 Å². The first-order valence-electron chi connectivity index (χ1n) is 8.06. The van der Waals surface area contributed by atoms with Crippen LogP contribution >= 0.6 is 0 Å². The lowest BCUT2D eigenvalue weighted by Gasteiger charge is -2.24. The van der Waals surface area contributed by atoms with Gasteiger partial charge in [0.05, 0.1) is 12.3 Å². The molecule has 0 bridgehead atoms. The van der Waals surface area contributed by atoms with Crippen LogP contribution in [-0.4, -0.2) is 43.6 Å². The summed E-state index contributed by atoms with van der Waals surface area (Å²) in [6.07, 6.45) is 5.55. The number of aromatic nitrogens is 2. The Morgan fingerprint density at radius 2 is 2.10 bits per heavy atom. The van der Waals surface area contributed by atoms with Crippen LogP contribution in [0.15, 0.2) is 0 Å². The van der Waals surface area contributed by atoms with Crippen molar-refractivity contribution in [3.05, 3.63) is 11.3 Å². The summed E-state index contributed by atoms with van der Waals surface area (Å²) in [5.41, 5.74) is 2.43. The highest BCUT2D eigenvalue weighted by molar-refractivity contribution is 5.49. The SMILES string of the molecule is COCCNCc1c(C)nn(C)c1N(C)CC1CCCC1. The molecule has 120 valence electrons. The van der Waals surface area contributed by atoms with Gasteiger partial charge < -0.3 is 15.0 Å². The van der Waals surface area contributed by atoms with Gasteiger partial charge in [0.1, 0.15) is 5.82 Å². The topological polar surface area (TPSA) is 42.3 Å². The molecular weight excluding hydrogens is 264 g/mol. The number of nitrogens with zero attached hydrogens (tertiary/aromatic N) is 3. The van der Waals surface area contributed by atoms with Gasteiger partial charge in [-0.1, -0.05) is 12.8 Å². The third-order valence-electron chi connectivity index (χ3n) is 4.47. The second kappa shape index (κ2) is 7.80. The average Bonchev–Trinajstić information content (AvgIpc) is 3.03. The Bertz CT molecular complexity index is 438. The maximum absolute atomic E-state index is 5.09. The first-order chi connectivity index (χ1) is 10.1. The van der Waals surface area contributed by atoms with Gasteiger partial charge >= 0.3 is 0 Å². The Balaban J connectivity index is 2.02. The van der Waals surface area contributed by atoms with E-state index in [0.717, 1.165) is 37.9 Å². The van der Waals surface area contributed by atoms with Gasteiger partial charge in [0, 0.05) is 46.4 Å². The van der Waals surface area contributed by atoms with Crippen molar-refractivity contribution < 1.29 is 4.74 Å². The van der Waals surface area contributed by atoms with Gasteiger partial charge in [-0.3, -0.25) is 4.68 Å². The van der Waals surface area contributed by atoms with E-state index >= 15 is 0 Å². The fourth-order valence-corrected chi connectivity index (χ4v) is 3.43. The number of ether oxygens (including phenoxy) is 1. The molecule has 1 aromatic heterocycles. The summed E-state index contributed by atoms with van der Waals surface area (Å²) in [6, 6.07) is 0. The molecule has 0 aliphatic heterocycles. The minimum Gasteiger partial charge on any atom is -0.383 e. The molecule has 1 aliphatic carbocycles. The number of rotatable bonds is 8. The standard InChI is InChI=1S/C16H30N4O/c1-13-15(11-17-9-10-21-4)16(20(3)18-13)19(2)12-14-7-5-6-8-14/h14,17H,5-12H2,1-4H3. The van der Waals surface area contributed by atoms with Gasteiger partial charge in [-0.25, -0.2) is 0 Å². The average molecular weight is 294 g/mol. The second-order valence-corrected chi connectivity index (χ2v) is 6.21. The normalized spacial score (nSPS) is 15.8. The maximum Gasteiger partial charge on any atom is 0.131 e. The van der Waals surface area contributed by atoms with Crippen LogP contribution in [0.5, 0.6) is 0 Å². The Hall–Kier alpha value is -1.07. The van der Waals surface area contributed by atoms with Crippen LogP contribution in [0, 0.1) is 12.8 Å². The van der Waals surface area contributed by atoms with E-state index in [-0.39, 0.29) is 0 Å². The van der Waals surface area contributed by atoms with Gasteiger partial charge in [0.25, 0.3) is 0 Å². The molecular formula is C16H30N4O. The van der Waals surface area contributed by atoms with Crippen molar-refractivity contribution in [2.24, 2.45) is 13.0 Å². The van der Waals surface area contributed by atoms with Crippen molar-refractivity contribution in [3.8, 4) is 0 Å². The molecule has 5 heteroatoms. The predicted octanol–water partition coefficient (Wildman–Crippen LogP) is 2.09. The molecule has 1 heterocycles. The zero-order valence-corrected chi connectivity index (χ0v) is 14.0. The van der Waals surface area contributed by atoms with Crippen LogP contribution in [0.25, 0.3) is 0 Å². The highest BCUT2D eigenvalue weighted by Gasteiger charge is 2.21. The predicted molar refractivity (Wildman–Crippen MR) is 86.8 cm³/mol. The molecule has 0 saturated heterocycles. The van der Waals surface area contributed by atoms with Crippen molar-refractivity contribution in [1.29, 1.82) is 0 Å². The maximum atomic E-state index is 5.09. The molecule has 1 aliphatic rings. The second-order valence-electron chi connectivity index (χ2n) is 6.21. The molecule has 2 rings (SSSR count). The van der Waals surface area contributed by atoms with E-state index < -0.39 is 0 Å². The number of hydrogen-bond donors (Lipinski definition) is 1. The lowest BCUT2D eigenvalue weighted by molar-refractivity contribution is 0.199. The number of aryl methyl sites for hydroxylation is 2. The van der Waals surface area contributed by atoms with E-state index in [1.165, 1.54) is 37.1 Å². The van der Waals surface area contributed by atoms with Gasteiger partial charge in [-0.15, -0.1) is 0 Å². The van der Waals surface area contributed by atoms with Crippen LogP contribution in [0.4, 0.5) is 5.82 Å². The molecule has 0 unspecified atom stereocenters. The minimum absolute atomic E-state index is 0.743. The molecule has 1 aromatic rings. The van der Waals surface area contributed by atoms with Crippen molar-refractivity contribution in [2.75, 3.05) is 38.8 Å². The quantitative estimate of drug-likeness (QED) is 0.746. The summed E-state index contributed by atoms with van der Waals surface area (Å²) < 4.78 is 7.11. The Morgan fingerprint density at radius 3 is 2.76 bits per heavy atom. The number of anilines is 1. The summed E-state index contributed by atoms with van der Waals surface area (Å²) in [4.78, 5) is 2.39. The number of methoxy groups -OCH3 is 1. The van der Waals surface area contributed by atoms with Crippen LogP contribution in [-0.2, 0) is 18.3 Å². The number of hydrogen-bond acceptors (Lipinski definition) is 4. The summed E-state index contributed by atoms with van der Waals surface area (Å²) >= 11 is 0. The van der Waals surface area contributed by atoms with Crippen molar-refractivity contribution >= 4 is 5.82 Å². The Labute approximate surface area is 128 Å². The zero-order chi connectivity index (χ0) is 15.2. The molecule has 0 amide bonds. The molecule has 21 heavy (non-hydrogen) atoms. The monoisotopic (exact) mass is 294 g/mol. The summed E-state index contributed by atoms with van der Waals surface area (Å²) in [7, 11) is 5.98. The van der Waals surface area contributed by atoms with E-state index in [1.807, 2.05) is 11.7 Å². The van der Waals surface area contributed by atoms with E-state index in [1.54, 1.807) is 7.11 Å². The molecule has 0 radical (unpaired) electrons. The number of nitrogens with one attached hydrogen (secondary N) is 1. The lowest BCUT2D eigenvalue weighted by Crippen LogP contribution is -2.28. The van der Waals surface area contributed by atoms with E-state index in [4.69, 9.17) is 4.74 Å². The smallest absolute Gasteiger partial charge is 0.131 e. The third-order valence-corrected chi connectivity index (χ3v) is 4.47. The fraction of sp³-hybridized carbons (Fsp3) is 0.812. The van der Waals surface area contributed by atoms with E-state index in [0.29, 0.717) is 0 Å². The highest BCUT2D eigenvalue weighted by Crippen LogP contribution is 2.28. The molecule has 0 aromatic carbocycles. The van der Waals surface area contributed by atoms with Crippen LogP contribution in [0.2, 0.25) is 0 Å². The summed E-state index contributed by atoms with van der Waals surface area (Å²) in [6.45, 7) is 5.71. The molecule has 1 N–H and O–H groups in total. The molecule has 0 atom stereocenters. The minimum atomic E-state index is 0.743. The lowest BCUT2D eigenvalue weighted by atomic mass is 10.1. The van der Waals surface area contributed by atoms with Gasteiger partial charge in [-0.2, -0.15) is 5.10 Å². The van der Waals surface area contributed by atoms with E-state index in [9.17, 15) is 0 Å². The van der Waals surface area contributed by atoms with Crippen LogP contribution in [0.1, 0.15) is 36.9 Å². The Kier molecular flexibility index (Phi) is 6.06. The van der Waals surface area contributed by atoms with Crippen LogP contribution < -0.4 is 10.2 Å². The highest BCUT2D eigenvalue weighted by atomic mass is 16.5. The van der Waals surface area contributed by atoms with Crippen molar-refractivity contribution in [1.82, 2.24) is 15.1 Å². The Morgan fingerprint density at radius 1 is 1.38 bits per heavy atom. The fourth-order valence-electron chi connectivity index (χ4n) is 3.43. The van der Waals surface area contributed by atoms with Crippen LogP contribution in [0.3, 0.4) is 0 Å². The third kappa shape index (κ3) is 4.20.